The summed E-state index contributed by atoms with van der Waals surface area (Å²) in [7, 11) is 2.29. The minimum Gasteiger partial charge on any atom is -0.299 e. The molecule has 0 saturated heterocycles. The molecule has 0 aliphatic heterocycles. The van der Waals surface area contributed by atoms with Gasteiger partial charge in [0.05, 0.1) is 0 Å². The van der Waals surface area contributed by atoms with Crippen LogP contribution in [0.5, 0.6) is 0 Å². The van der Waals surface area contributed by atoms with Crippen LogP contribution in [0.3, 0.4) is 0 Å². The van der Waals surface area contributed by atoms with E-state index in [-0.39, 0.29) is 0 Å². The van der Waals surface area contributed by atoms with Crippen LogP contribution >= 0.6 is 0 Å². The van der Waals surface area contributed by atoms with Crippen molar-refractivity contribution in [1.29, 1.82) is 0 Å². The van der Waals surface area contributed by atoms with Gasteiger partial charge in [-0.05, 0) is 49.6 Å². The monoisotopic (exact) mass is 259 g/mol. The Hall–Kier alpha value is -0.820. The predicted octanol–water partition coefficient (Wildman–Crippen LogP) is 4.72. The van der Waals surface area contributed by atoms with E-state index < -0.39 is 0 Å². The highest BCUT2D eigenvalue weighted by molar-refractivity contribution is 5.14. The molecule has 0 spiro atoms. The third-order valence-electron chi connectivity index (χ3n) is 4.82. The van der Waals surface area contributed by atoms with E-state index in [1.807, 2.05) is 0 Å². The second-order valence-corrected chi connectivity index (χ2v) is 7.27. The Morgan fingerprint density at radius 1 is 1.00 bits per heavy atom. The third kappa shape index (κ3) is 4.07. The predicted molar refractivity (Wildman–Crippen MR) is 83.1 cm³/mol. The molecule has 0 N–H and O–H groups in total. The highest BCUT2D eigenvalue weighted by Crippen LogP contribution is 2.38. The molecule has 19 heavy (non-hydrogen) atoms. The lowest BCUT2D eigenvalue weighted by molar-refractivity contribution is 0.107. The van der Waals surface area contributed by atoms with Crippen molar-refractivity contribution in [2.75, 3.05) is 7.05 Å². The highest BCUT2D eigenvalue weighted by Gasteiger charge is 2.30. The van der Waals surface area contributed by atoms with Crippen molar-refractivity contribution >= 4 is 0 Å². The first-order valence-corrected chi connectivity index (χ1v) is 7.71. The zero-order valence-corrected chi connectivity index (χ0v) is 13.0. The van der Waals surface area contributed by atoms with Crippen LogP contribution in [0.15, 0.2) is 30.3 Å². The number of nitrogens with zero attached hydrogens (tertiary/aromatic N) is 1. The molecule has 1 heteroatoms. The van der Waals surface area contributed by atoms with E-state index >= 15 is 0 Å². The summed E-state index contributed by atoms with van der Waals surface area (Å²) in [5.41, 5.74) is 1.92. The molecule has 2 rings (SSSR count). The molecule has 1 fully saturated rings. The zero-order valence-electron chi connectivity index (χ0n) is 13.0. The van der Waals surface area contributed by atoms with E-state index in [0.29, 0.717) is 5.41 Å². The number of hydrogen-bond donors (Lipinski definition) is 0. The summed E-state index contributed by atoms with van der Waals surface area (Å²) in [6.45, 7) is 8.27. The van der Waals surface area contributed by atoms with Gasteiger partial charge in [0.1, 0.15) is 0 Å². The maximum Gasteiger partial charge on any atom is 0.0233 e. The number of rotatable bonds is 3. The Labute approximate surface area is 119 Å². The largest absolute Gasteiger partial charge is 0.299 e. The van der Waals surface area contributed by atoms with Gasteiger partial charge >= 0.3 is 0 Å². The van der Waals surface area contributed by atoms with Gasteiger partial charge in [0.15, 0.2) is 0 Å². The van der Waals surface area contributed by atoms with E-state index in [1.165, 1.54) is 31.2 Å². The van der Waals surface area contributed by atoms with Crippen molar-refractivity contribution in [1.82, 2.24) is 4.90 Å². The van der Waals surface area contributed by atoms with Gasteiger partial charge in [0, 0.05) is 12.6 Å². The van der Waals surface area contributed by atoms with Crippen LogP contribution < -0.4 is 0 Å². The van der Waals surface area contributed by atoms with Crippen molar-refractivity contribution in [3.05, 3.63) is 35.9 Å². The molecule has 0 bridgehead atoms. The fraction of sp³-hybridized carbons (Fsp3) is 0.667. The minimum atomic E-state index is 0.489. The highest BCUT2D eigenvalue weighted by atomic mass is 15.1. The van der Waals surface area contributed by atoms with Gasteiger partial charge in [-0.1, -0.05) is 51.1 Å². The van der Waals surface area contributed by atoms with Crippen LogP contribution in [-0.2, 0) is 6.54 Å². The fourth-order valence-electron chi connectivity index (χ4n) is 3.38. The Kier molecular flexibility index (Phi) is 4.67. The third-order valence-corrected chi connectivity index (χ3v) is 4.82. The standard InChI is InChI=1S/C18H29N/c1-18(2,3)16-10-12-17(13-11-16)19(4)14-15-8-6-5-7-9-15/h5-9,16-17H,10-14H2,1-4H3/t16-,17-. The van der Waals surface area contributed by atoms with Crippen molar-refractivity contribution in [2.45, 2.75) is 59.0 Å². The van der Waals surface area contributed by atoms with Crippen LogP contribution in [0.1, 0.15) is 52.0 Å². The molecular weight excluding hydrogens is 230 g/mol. The van der Waals surface area contributed by atoms with Gasteiger partial charge in [-0.15, -0.1) is 0 Å². The summed E-state index contributed by atoms with van der Waals surface area (Å²) in [5.74, 6) is 0.911. The van der Waals surface area contributed by atoms with Crippen LogP contribution in [-0.4, -0.2) is 18.0 Å². The molecule has 1 saturated carbocycles. The molecule has 106 valence electrons. The molecule has 0 aromatic heterocycles. The summed E-state index contributed by atoms with van der Waals surface area (Å²) in [6, 6.07) is 11.6. The van der Waals surface area contributed by atoms with E-state index in [4.69, 9.17) is 0 Å². The van der Waals surface area contributed by atoms with Crippen LogP contribution in [0.25, 0.3) is 0 Å². The molecule has 1 aliphatic rings. The van der Waals surface area contributed by atoms with E-state index in [2.05, 4.69) is 63.1 Å². The molecule has 1 aromatic rings. The zero-order chi connectivity index (χ0) is 13.9. The summed E-state index contributed by atoms with van der Waals surface area (Å²) in [5, 5.41) is 0. The van der Waals surface area contributed by atoms with Crippen molar-refractivity contribution in [2.24, 2.45) is 11.3 Å². The number of benzene rings is 1. The second-order valence-electron chi connectivity index (χ2n) is 7.27. The Morgan fingerprint density at radius 2 is 1.58 bits per heavy atom. The average Bonchev–Trinajstić information content (AvgIpc) is 2.39. The smallest absolute Gasteiger partial charge is 0.0233 e. The molecule has 1 aliphatic carbocycles. The fourth-order valence-corrected chi connectivity index (χ4v) is 3.38. The van der Waals surface area contributed by atoms with E-state index in [9.17, 15) is 0 Å². The van der Waals surface area contributed by atoms with Gasteiger partial charge in [-0.25, -0.2) is 0 Å². The molecule has 1 aromatic carbocycles. The van der Waals surface area contributed by atoms with Crippen molar-refractivity contribution in [3.8, 4) is 0 Å². The SMILES string of the molecule is CN(Cc1ccccc1)[C@H]1CC[C@H](C(C)(C)C)CC1. The molecule has 0 amide bonds. The summed E-state index contributed by atoms with van der Waals surface area (Å²) >= 11 is 0. The van der Waals surface area contributed by atoms with Crippen molar-refractivity contribution in [3.63, 3.8) is 0 Å². The Morgan fingerprint density at radius 3 is 2.11 bits per heavy atom. The molecule has 0 heterocycles. The normalized spacial score (nSPS) is 24.7. The molecular formula is C18H29N. The average molecular weight is 259 g/mol. The lowest BCUT2D eigenvalue weighted by Gasteiger charge is -2.40. The maximum absolute atomic E-state index is 2.55. The van der Waals surface area contributed by atoms with Gasteiger partial charge in [-0.2, -0.15) is 0 Å². The van der Waals surface area contributed by atoms with Crippen molar-refractivity contribution < 1.29 is 0 Å². The van der Waals surface area contributed by atoms with Crippen LogP contribution in [0, 0.1) is 11.3 Å². The van der Waals surface area contributed by atoms with Gasteiger partial charge in [-0.3, -0.25) is 4.90 Å². The van der Waals surface area contributed by atoms with E-state index in [0.717, 1.165) is 18.5 Å². The Balaban J connectivity index is 1.84. The quantitative estimate of drug-likeness (QED) is 0.759. The lowest BCUT2D eigenvalue weighted by atomic mass is 9.71. The molecule has 0 radical (unpaired) electrons. The first kappa shape index (κ1) is 14.6. The summed E-state index contributed by atoms with van der Waals surface area (Å²) in [4.78, 5) is 2.55. The van der Waals surface area contributed by atoms with Crippen LogP contribution in [0.2, 0.25) is 0 Å². The Bertz CT molecular complexity index is 368. The van der Waals surface area contributed by atoms with E-state index in [1.54, 1.807) is 0 Å². The maximum atomic E-state index is 2.55. The molecule has 0 unspecified atom stereocenters. The number of hydrogen-bond acceptors (Lipinski definition) is 1. The topological polar surface area (TPSA) is 3.24 Å². The lowest BCUT2D eigenvalue weighted by Crippen LogP contribution is -2.37. The van der Waals surface area contributed by atoms with Gasteiger partial charge in [0.25, 0.3) is 0 Å². The second kappa shape index (κ2) is 6.09. The summed E-state index contributed by atoms with van der Waals surface area (Å²) in [6.07, 6.45) is 5.52. The molecule has 0 atom stereocenters. The molecule has 1 nitrogen and oxygen atoms in total. The van der Waals surface area contributed by atoms with Crippen LogP contribution in [0.4, 0.5) is 0 Å². The van der Waals surface area contributed by atoms with Gasteiger partial charge in [0.2, 0.25) is 0 Å². The van der Waals surface area contributed by atoms with Gasteiger partial charge < -0.3 is 0 Å². The minimum absolute atomic E-state index is 0.489. The first-order chi connectivity index (χ1) is 8.97. The summed E-state index contributed by atoms with van der Waals surface area (Å²) < 4.78 is 0. The first-order valence-electron chi connectivity index (χ1n) is 7.71.